The third-order valence-electron chi connectivity index (χ3n) is 5.97. The Kier molecular flexibility index (Phi) is 3.20. The van der Waals surface area contributed by atoms with Crippen LogP contribution in [0.1, 0.15) is 45.4 Å². The van der Waals surface area contributed by atoms with E-state index in [1.165, 1.54) is 38.5 Å². The molecule has 4 heteroatoms. The summed E-state index contributed by atoms with van der Waals surface area (Å²) in [5.74, 6) is 3.81. The third-order valence-corrected chi connectivity index (χ3v) is 6.53. The van der Waals surface area contributed by atoms with Crippen LogP contribution in [0.15, 0.2) is 12.4 Å². The van der Waals surface area contributed by atoms with E-state index < -0.39 is 0 Å². The predicted octanol–water partition coefficient (Wildman–Crippen LogP) is 4.10. The lowest BCUT2D eigenvalue weighted by Gasteiger charge is -2.59. The molecule has 108 valence electrons. The number of hydrogen-bond acceptors (Lipinski definition) is 3. The first-order valence-corrected chi connectivity index (χ1v) is 8.95. The van der Waals surface area contributed by atoms with Gasteiger partial charge in [-0.15, -0.1) is 0 Å². The number of nitrogens with zero attached hydrogens (tertiary/aromatic N) is 2. The quantitative estimate of drug-likeness (QED) is 0.799. The molecule has 0 aromatic carbocycles. The zero-order valence-corrected chi connectivity index (χ0v) is 14.1. The van der Waals surface area contributed by atoms with Crippen LogP contribution in [0.3, 0.4) is 0 Å². The Hall–Kier alpha value is -0.390. The van der Waals surface area contributed by atoms with Gasteiger partial charge in [-0.25, -0.2) is 9.97 Å². The summed E-state index contributed by atoms with van der Waals surface area (Å²) in [6.07, 6.45) is 12.6. The molecule has 0 saturated heterocycles. The fraction of sp³-hybridized carbons (Fsp3) is 0.750. The first kappa shape index (κ1) is 13.3. The fourth-order valence-electron chi connectivity index (χ4n) is 5.44. The molecule has 0 spiro atoms. The molecule has 1 atom stereocenters. The first-order valence-electron chi connectivity index (χ1n) is 7.87. The van der Waals surface area contributed by atoms with Crippen LogP contribution in [0.2, 0.25) is 0 Å². The second kappa shape index (κ2) is 4.82. The Balaban J connectivity index is 1.53. The molecule has 4 bridgehead atoms. The highest BCUT2D eigenvalue weighted by atomic mass is 127. The molecule has 4 aliphatic carbocycles. The summed E-state index contributed by atoms with van der Waals surface area (Å²) < 4.78 is 1.09. The van der Waals surface area contributed by atoms with Crippen LogP contribution >= 0.6 is 22.6 Å². The van der Waals surface area contributed by atoms with Gasteiger partial charge in [-0.05, 0) is 91.2 Å². The largest absolute Gasteiger partial charge is 0.351 e. The van der Waals surface area contributed by atoms with Crippen molar-refractivity contribution in [3.63, 3.8) is 0 Å². The van der Waals surface area contributed by atoms with Crippen molar-refractivity contribution in [2.75, 3.05) is 5.32 Å². The van der Waals surface area contributed by atoms with Crippen LogP contribution in [-0.2, 0) is 0 Å². The Morgan fingerprint density at radius 2 is 1.60 bits per heavy atom. The second-order valence-corrected chi connectivity index (χ2v) is 8.62. The van der Waals surface area contributed by atoms with Gasteiger partial charge in [0.05, 0.1) is 0 Å². The number of aromatic nitrogens is 2. The van der Waals surface area contributed by atoms with Crippen molar-refractivity contribution in [3.8, 4) is 0 Å². The van der Waals surface area contributed by atoms with E-state index in [0.717, 1.165) is 27.3 Å². The van der Waals surface area contributed by atoms with E-state index >= 15 is 0 Å². The van der Waals surface area contributed by atoms with Crippen molar-refractivity contribution in [1.82, 2.24) is 9.97 Å². The van der Waals surface area contributed by atoms with Crippen LogP contribution < -0.4 is 5.32 Å². The Labute approximate surface area is 134 Å². The molecule has 20 heavy (non-hydrogen) atoms. The normalized spacial score (nSPS) is 39.8. The van der Waals surface area contributed by atoms with Crippen LogP contribution in [-0.4, -0.2) is 16.0 Å². The highest BCUT2D eigenvalue weighted by Crippen LogP contribution is 2.61. The highest BCUT2D eigenvalue weighted by Gasteiger charge is 2.53. The summed E-state index contributed by atoms with van der Waals surface area (Å²) in [5.41, 5.74) is 0.515. The van der Waals surface area contributed by atoms with Crippen molar-refractivity contribution in [1.29, 1.82) is 0 Å². The molecule has 0 radical (unpaired) electrons. The summed E-state index contributed by atoms with van der Waals surface area (Å²) in [5, 5.41) is 3.60. The topological polar surface area (TPSA) is 37.8 Å². The molecule has 4 saturated carbocycles. The van der Waals surface area contributed by atoms with E-state index in [-0.39, 0.29) is 0 Å². The molecule has 1 heterocycles. The van der Waals surface area contributed by atoms with Gasteiger partial charge < -0.3 is 5.32 Å². The summed E-state index contributed by atoms with van der Waals surface area (Å²) in [4.78, 5) is 8.83. The van der Waals surface area contributed by atoms with Crippen molar-refractivity contribution in [3.05, 3.63) is 16.0 Å². The Morgan fingerprint density at radius 1 is 1.10 bits per heavy atom. The van der Waals surface area contributed by atoms with Crippen molar-refractivity contribution in [2.45, 2.75) is 51.5 Å². The zero-order valence-electron chi connectivity index (χ0n) is 12.0. The smallest absolute Gasteiger partial charge is 0.222 e. The van der Waals surface area contributed by atoms with Gasteiger partial charge in [-0.1, -0.05) is 0 Å². The zero-order chi connectivity index (χ0) is 13.7. The minimum Gasteiger partial charge on any atom is -0.351 e. The van der Waals surface area contributed by atoms with Gasteiger partial charge in [0.1, 0.15) is 0 Å². The fourth-order valence-corrected chi connectivity index (χ4v) is 5.72. The van der Waals surface area contributed by atoms with Gasteiger partial charge in [0.2, 0.25) is 5.95 Å². The Morgan fingerprint density at radius 3 is 2.10 bits per heavy atom. The van der Waals surface area contributed by atoms with E-state index in [1.807, 2.05) is 12.4 Å². The molecule has 4 aliphatic rings. The molecule has 1 aromatic rings. The van der Waals surface area contributed by atoms with Gasteiger partial charge >= 0.3 is 0 Å². The molecular weight excluding hydrogens is 361 g/mol. The minimum atomic E-state index is 0.496. The maximum Gasteiger partial charge on any atom is 0.222 e. The monoisotopic (exact) mass is 383 g/mol. The van der Waals surface area contributed by atoms with E-state index in [9.17, 15) is 0 Å². The average Bonchev–Trinajstić information content (AvgIpc) is 2.40. The van der Waals surface area contributed by atoms with E-state index in [4.69, 9.17) is 0 Å². The van der Waals surface area contributed by atoms with E-state index in [1.54, 1.807) is 0 Å². The third kappa shape index (κ3) is 2.24. The van der Waals surface area contributed by atoms with Gasteiger partial charge in [0.25, 0.3) is 0 Å². The van der Waals surface area contributed by atoms with Gasteiger partial charge in [0, 0.05) is 22.0 Å². The number of hydrogen-bond donors (Lipinski definition) is 1. The van der Waals surface area contributed by atoms with Crippen LogP contribution in [0.25, 0.3) is 0 Å². The van der Waals surface area contributed by atoms with Gasteiger partial charge in [0.15, 0.2) is 0 Å². The lowest BCUT2D eigenvalue weighted by molar-refractivity contribution is -0.0603. The molecule has 0 amide bonds. The van der Waals surface area contributed by atoms with Gasteiger partial charge in [-0.2, -0.15) is 0 Å². The molecule has 0 aliphatic heterocycles. The predicted molar refractivity (Wildman–Crippen MR) is 88.4 cm³/mol. The molecule has 5 rings (SSSR count). The standard InChI is InChI=1S/C16H22IN3/c1-10(20-15-18-8-14(17)9-19-15)16-5-11-2-12(6-16)4-13(3-11)7-16/h8-13H,2-7H2,1H3,(H,18,19,20). The van der Waals surface area contributed by atoms with Crippen LogP contribution in [0.5, 0.6) is 0 Å². The molecular formula is C16H22IN3. The SMILES string of the molecule is CC(Nc1ncc(I)cn1)C12CC3CC(CC(C3)C1)C2. The lowest BCUT2D eigenvalue weighted by Crippen LogP contribution is -2.53. The van der Waals surface area contributed by atoms with Crippen molar-refractivity contribution < 1.29 is 0 Å². The second-order valence-electron chi connectivity index (χ2n) is 7.37. The number of rotatable bonds is 3. The highest BCUT2D eigenvalue weighted by molar-refractivity contribution is 14.1. The summed E-state index contributed by atoms with van der Waals surface area (Å²) in [6, 6.07) is 0.496. The lowest BCUT2D eigenvalue weighted by atomic mass is 9.48. The maximum absolute atomic E-state index is 4.42. The van der Waals surface area contributed by atoms with Crippen molar-refractivity contribution in [2.24, 2.45) is 23.2 Å². The van der Waals surface area contributed by atoms with Gasteiger partial charge in [-0.3, -0.25) is 0 Å². The maximum atomic E-state index is 4.42. The van der Waals surface area contributed by atoms with Crippen LogP contribution in [0.4, 0.5) is 5.95 Å². The number of anilines is 1. The molecule has 1 unspecified atom stereocenters. The summed E-state index contributed by atoms with van der Waals surface area (Å²) >= 11 is 2.25. The Bertz CT molecular complexity index is 464. The molecule has 1 aromatic heterocycles. The van der Waals surface area contributed by atoms with E-state index in [2.05, 4.69) is 44.8 Å². The summed E-state index contributed by atoms with van der Waals surface area (Å²) in [7, 11) is 0. The molecule has 1 N–H and O–H groups in total. The van der Waals surface area contributed by atoms with Crippen LogP contribution in [0, 0.1) is 26.7 Å². The number of halogens is 1. The average molecular weight is 383 g/mol. The molecule has 4 fully saturated rings. The number of nitrogens with one attached hydrogen (secondary N) is 1. The summed E-state index contributed by atoms with van der Waals surface area (Å²) in [6.45, 7) is 2.36. The van der Waals surface area contributed by atoms with E-state index in [0.29, 0.717) is 11.5 Å². The molecule has 3 nitrogen and oxygen atoms in total. The first-order chi connectivity index (χ1) is 9.63. The minimum absolute atomic E-state index is 0.496. The van der Waals surface area contributed by atoms with Crippen molar-refractivity contribution >= 4 is 28.5 Å².